The van der Waals surface area contributed by atoms with Gasteiger partial charge in [-0.05, 0) is 31.6 Å². The molecule has 1 saturated carbocycles. The van der Waals surface area contributed by atoms with E-state index >= 15 is 0 Å². The van der Waals surface area contributed by atoms with Gasteiger partial charge in [-0.3, -0.25) is 4.79 Å². The Morgan fingerprint density at radius 2 is 2.40 bits per heavy atom. The van der Waals surface area contributed by atoms with Crippen molar-refractivity contribution in [1.82, 2.24) is 0 Å². The van der Waals surface area contributed by atoms with Crippen LogP contribution in [-0.2, 0) is 4.79 Å². The number of hydrogen-bond acceptors (Lipinski definition) is 1. The van der Waals surface area contributed by atoms with Crippen LogP contribution in [0.1, 0.15) is 19.8 Å². The molecule has 2 rings (SSSR count). The smallest absolute Gasteiger partial charge is 0.133 e. The Labute approximate surface area is 61.1 Å². The van der Waals surface area contributed by atoms with Crippen LogP contribution >= 0.6 is 0 Å². The molecule has 0 heterocycles. The monoisotopic (exact) mass is 136 g/mol. The first-order chi connectivity index (χ1) is 4.79. The average Bonchev–Trinajstić information content (AvgIpc) is 2.11. The zero-order valence-electron chi connectivity index (χ0n) is 6.21. The molecule has 0 amide bonds. The SMILES string of the molecule is CC(=O)[C@@H]1C[C@@H]2C=CC[C@@H]21. The second kappa shape index (κ2) is 1.94. The van der Waals surface area contributed by atoms with Gasteiger partial charge in [0.15, 0.2) is 0 Å². The summed E-state index contributed by atoms with van der Waals surface area (Å²) in [5, 5.41) is 0. The molecule has 0 aromatic carbocycles. The van der Waals surface area contributed by atoms with Crippen molar-refractivity contribution in [1.29, 1.82) is 0 Å². The number of ketones is 1. The molecule has 0 spiro atoms. The highest BCUT2D eigenvalue weighted by atomic mass is 16.1. The van der Waals surface area contributed by atoms with Crippen LogP contribution in [0.15, 0.2) is 12.2 Å². The van der Waals surface area contributed by atoms with Gasteiger partial charge in [-0.25, -0.2) is 0 Å². The first-order valence-electron chi connectivity index (χ1n) is 3.96. The van der Waals surface area contributed by atoms with Crippen molar-refractivity contribution in [2.24, 2.45) is 17.8 Å². The number of Topliss-reactive ketones (excluding diaryl/α,β-unsaturated/α-hetero) is 1. The molecule has 0 bridgehead atoms. The van der Waals surface area contributed by atoms with E-state index in [1.54, 1.807) is 6.92 Å². The Bertz CT molecular complexity index is 193. The lowest BCUT2D eigenvalue weighted by Gasteiger charge is -2.38. The maximum atomic E-state index is 10.9. The van der Waals surface area contributed by atoms with E-state index in [1.165, 1.54) is 0 Å². The molecule has 54 valence electrons. The number of carbonyl (C=O) groups is 1. The zero-order valence-corrected chi connectivity index (χ0v) is 6.21. The van der Waals surface area contributed by atoms with Crippen LogP contribution in [0, 0.1) is 17.8 Å². The van der Waals surface area contributed by atoms with E-state index in [9.17, 15) is 4.79 Å². The third-order valence-electron chi connectivity index (χ3n) is 2.91. The van der Waals surface area contributed by atoms with Crippen LogP contribution < -0.4 is 0 Å². The second-order valence-corrected chi connectivity index (χ2v) is 3.44. The zero-order chi connectivity index (χ0) is 7.14. The van der Waals surface area contributed by atoms with Crippen molar-refractivity contribution in [2.45, 2.75) is 19.8 Å². The fourth-order valence-corrected chi connectivity index (χ4v) is 2.18. The number of fused-ring (bicyclic) bond motifs is 1. The van der Waals surface area contributed by atoms with Gasteiger partial charge in [-0.2, -0.15) is 0 Å². The fraction of sp³-hybridized carbons (Fsp3) is 0.667. The summed E-state index contributed by atoms with van der Waals surface area (Å²) < 4.78 is 0. The van der Waals surface area contributed by atoms with Crippen molar-refractivity contribution >= 4 is 5.78 Å². The molecular weight excluding hydrogens is 124 g/mol. The Hall–Kier alpha value is -0.590. The Morgan fingerprint density at radius 3 is 3.00 bits per heavy atom. The molecule has 1 fully saturated rings. The van der Waals surface area contributed by atoms with Crippen LogP contribution in [-0.4, -0.2) is 5.78 Å². The quantitative estimate of drug-likeness (QED) is 0.502. The molecule has 0 unspecified atom stereocenters. The minimum atomic E-state index is 0.393. The maximum absolute atomic E-state index is 10.9. The highest BCUT2D eigenvalue weighted by Crippen LogP contribution is 2.47. The van der Waals surface area contributed by atoms with Crippen molar-refractivity contribution in [3.05, 3.63) is 12.2 Å². The molecule has 1 nitrogen and oxygen atoms in total. The molecule has 3 atom stereocenters. The van der Waals surface area contributed by atoms with Crippen molar-refractivity contribution in [2.75, 3.05) is 0 Å². The summed E-state index contributed by atoms with van der Waals surface area (Å²) in [6.07, 6.45) is 6.76. The average molecular weight is 136 g/mol. The van der Waals surface area contributed by atoms with Crippen LogP contribution in [0.5, 0.6) is 0 Å². The lowest BCUT2D eigenvalue weighted by atomic mass is 9.65. The van der Waals surface area contributed by atoms with E-state index in [-0.39, 0.29) is 0 Å². The van der Waals surface area contributed by atoms with E-state index in [0.717, 1.165) is 18.8 Å². The summed E-state index contributed by atoms with van der Waals surface area (Å²) in [5.74, 6) is 2.25. The van der Waals surface area contributed by atoms with Gasteiger partial charge >= 0.3 is 0 Å². The highest BCUT2D eigenvalue weighted by molar-refractivity contribution is 5.79. The summed E-state index contributed by atoms with van der Waals surface area (Å²) in [6.45, 7) is 1.72. The molecule has 0 aromatic heterocycles. The van der Waals surface area contributed by atoms with Gasteiger partial charge in [-0.15, -0.1) is 0 Å². The molecule has 0 aliphatic heterocycles. The molecule has 2 aliphatic rings. The fourth-order valence-electron chi connectivity index (χ4n) is 2.18. The standard InChI is InChI=1S/C9H12O/c1-6(10)9-5-7-3-2-4-8(7)9/h2-3,7-9H,4-5H2,1H3/t7-,8-,9-/m0/s1. The largest absolute Gasteiger partial charge is 0.300 e. The van der Waals surface area contributed by atoms with Gasteiger partial charge < -0.3 is 0 Å². The molecule has 2 aliphatic carbocycles. The number of allylic oxidation sites excluding steroid dienone is 2. The normalized spacial score (nSPS) is 42.7. The third kappa shape index (κ3) is 0.664. The maximum Gasteiger partial charge on any atom is 0.133 e. The molecule has 1 heteroatoms. The van der Waals surface area contributed by atoms with Gasteiger partial charge in [0, 0.05) is 5.92 Å². The van der Waals surface area contributed by atoms with Crippen LogP contribution in [0.2, 0.25) is 0 Å². The van der Waals surface area contributed by atoms with Crippen molar-refractivity contribution < 1.29 is 4.79 Å². The van der Waals surface area contributed by atoms with Crippen molar-refractivity contribution in [3.8, 4) is 0 Å². The minimum absolute atomic E-state index is 0.393. The Balaban J connectivity index is 2.03. The van der Waals surface area contributed by atoms with Crippen LogP contribution in [0.4, 0.5) is 0 Å². The lowest BCUT2D eigenvalue weighted by molar-refractivity contribution is -0.127. The van der Waals surface area contributed by atoms with Gasteiger partial charge in [0.2, 0.25) is 0 Å². The molecule has 0 radical (unpaired) electrons. The minimum Gasteiger partial charge on any atom is -0.300 e. The molecule has 0 saturated heterocycles. The summed E-state index contributed by atoms with van der Waals surface area (Å²) in [7, 11) is 0. The van der Waals surface area contributed by atoms with E-state index in [0.29, 0.717) is 17.6 Å². The highest BCUT2D eigenvalue weighted by Gasteiger charge is 2.43. The predicted molar refractivity (Wildman–Crippen MR) is 39.5 cm³/mol. The van der Waals surface area contributed by atoms with E-state index < -0.39 is 0 Å². The summed E-state index contributed by atoms with van der Waals surface area (Å²) >= 11 is 0. The van der Waals surface area contributed by atoms with E-state index in [2.05, 4.69) is 12.2 Å². The van der Waals surface area contributed by atoms with Gasteiger partial charge in [-0.1, -0.05) is 12.2 Å². The number of hydrogen-bond donors (Lipinski definition) is 0. The van der Waals surface area contributed by atoms with Crippen LogP contribution in [0.25, 0.3) is 0 Å². The summed E-state index contributed by atoms with van der Waals surface area (Å²) in [5.41, 5.74) is 0. The molecule has 0 N–H and O–H groups in total. The first kappa shape index (κ1) is 6.14. The third-order valence-corrected chi connectivity index (χ3v) is 2.91. The van der Waals surface area contributed by atoms with Crippen LogP contribution in [0.3, 0.4) is 0 Å². The summed E-state index contributed by atoms with van der Waals surface area (Å²) in [6, 6.07) is 0. The van der Waals surface area contributed by atoms with Crippen molar-refractivity contribution in [3.63, 3.8) is 0 Å². The number of carbonyl (C=O) groups excluding carboxylic acids is 1. The Morgan fingerprint density at radius 1 is 1.60 bits per heavy atom. The topological polar surface area (TPSA) is 17.1 Å². The summed E-state index contributed by atoms with van der Waals surface area (Å²) in [4.78, 5) is 10.9. The molecule has 0 aromatic rings. The molecule has 10 heavy (non-hydrogen) atoms. The lowest BCUT2D eigenvalue weighted by Crippen LogP contribution is -2.37. The van der Waals surface area contributed by atoms with Gasteiger partial charge in [0.05, 0.1) is 0 Å². The second-order valence-electron chi connectivity index (χ2n) is 3.44. The number of rotatable bonds is 1. The van der Waals surface area contributed by atoms with Gasteiger partial charge in [0.25, 0.3) is 0 Å². The molecular formula is C9H12O. The predicted octanol–water partition coefficient (Wildman–Crippen LogP) is 1.79. The van der Waals surface area contributed by atoms with Gasteiger partial charge in [0.1, 0.15) is 5.78 Å². The van der Waals surface area contributed by atoms with E-state index in [1.807, 2.05) is 0 Å². The first-order valence-corrected chi connectivity index (χ1v) is 3.96. The Kier molecular flexibility index (Phi) is 1.19. The van der Waals surface area contributed by atoms with E-state index in [4.69, 9.17) is 0 Å².